The number of hydrogen-bond acceptors (Lipinski definition) is 3. The highest BCUT2D eigenvalue weighted by Gasteiger charge is 2.28. The summed E-state index contributed by atoms with van der Waals surface area (Å²) in [4.78, 5) is 0. The van der Waals surface area contributed by atoms with Gasteiger partial charge in [-0.2, -0.15) is 0 Å². The van der Waals surface area contributed by atoms with Crippen molar-refractivity contribution < 1.29 is 23.4 Å². The van der Waals surface area contributed by atoms with Gasteiger partial charge in [0.25, 0.3) is 0 Å². The second kappa shape index (κ2) is 7.13. The van der Waals surface area contributed by atoms with Crippen LogP contribution >= 0.6 is 15.9 Å². The topological polar surface area (TPSA) is 38.7 Å². The first kappa shape index (κ1) is 15.5. The average molecular weight is 325 g/mol. The molecule has 102 valence electrons. The standard InChI is InChI=1S/C12H15BrF2O3/c1-3-17-12(18-4-2)11(16)9-8(14)6-5-7(13)10(9)15/h5-6,11-12,16H,3-4H2,1-2H3. The van der Waals surface area contributed by atoms with E-state index in [1.54, 1.807) is 13.8 Å². The third-order valence-electron chi connectivity index (χ3n) is 2.29. The lowest BCUT2D eigenvalue weighted by atomic mass is 10.1. The number of ether oxygens (including phenoxy) is 2. The second-order valence-electron chi connectivity index (χ2n) is 3.48. The van der Waals surface area contributed by atoms with Gasteiger partial charge in [-0.25, -0.2) is 8.78 Å². The van der Waals surface area contributed by atoms with E-state index in [9.17, 15) is 13.9 Å². The minimum absolute atomic E-state index is 0.0738. The molecule has 1 atom stereocenters. The van der Waals surface area contributed by atoms with Gasteiger partial charge in [-0.1, -0.05) is 0 Å². The number of benzene rings is 1. The summed E-state index contributed by atoms with van der Waals surface area (Å²) >= 11 is 2.94. The van der Waals surface area contributed by atoms with E-state index < -0.39 is 29.6 Å². The van der Waals surface area contributed by atoms with Gasteiger partial charge in [-0.3, -0.25) is 0 Å². The normalized spacial score (nSPS) is 13.1. The van der Waals surface area contributed by atoms with Gasteiger partial charge in [0.05, 0.1) is 10.0 Å². The molecule has 0 fully saturated rings. The Morgan fingerprint density at radius 1 is 1.22 bits per heavy atom. The van der Waals surface area contributed by atoms with E-state index in [4.69, 9.17) is 9.47 Å². The Kier molecular flexibility index (Phi) is 6.14. The number of aliphatic hydroxyl groups excluding tert-OH is 1. The monoisotopic (exact) mass is 324 g/mol. The lowest BCUT2D eigenvalue weighted by Gasteiger charge is -2.23. The summed E-state index contributed by atoms with van der Waals surface area (Å²) in [5, 5.41) is 9.98. The fraction of sp³-hybridized carbons (Fsp3) is 0.500. The molecule has 18 heavy (non-hydrogen) atoms. The van der Waals surface area contributed by atoms with Gasteiger partial charge in [0, 0.05) is 13.2 Å². The summed E-state index contributed by atoms with van der Waals surface area (Å²) in [7, 11) is 0. The summed E-state index contributed by atoms with van der Waals surface area (Å²) in [5.41, 5.74) is -0.462. The SMILES string of the molecule is CCOC(OCC)C(O)c1c(F)ccc(Br)c1F. The van der Waals surface area contributed by atoms with Crippen LogP contribution in [0.3, 0.4) is 0 Å². The Balaban J connectivity index is 3.07. The Labute approximate surface area is 113 Å². The zero-order valence-corrected chi connectivity index (χ0v) is 11.7. The molecule has 1 unspecified atom stereocenters. The van der Waals surface area contributed by atoms with Crippen LogP contribution in [0.1, 0.15) is 25.5 Å². The minimum Gasteiger partial charge on any atom is -0.383 e. The summed E-state index contributed by atoms with van der Waals surface area (Å²) in [5.74, 6) is -1.69. The van der Waals surface area contributed by atoms with Crippen LogP contribution < -0.4 is 0 Å². The summed E-state index contributed by atoms with van der Waals surface area (Å²) in [6.45, 7) is 3.93. The molecular formula is C12H15BrF2O3. The molecule has 0 bridgehead atoms. The van der Waals surface area contributed by atoms with E-state index >= 15 is 0 Å². The van der Waals surface area contributed by atoms with Gasteiger partial charge < -0.3 is 14.6 Å². The molecule has 6 heteroatoms. The largest absolute Gasteiger partial charge is 0.383 e. The van der Waals surface area contributed by atoms with E-state index in [0.29, 0.717) is 0 Å². The third kappa shape index (κ3) is 3.47. The quantitative estimate of drug-likeness (QED) is 0.645. The summed E-state index contributed by atoms with van der Waals surface area (Å²) in [6, 6.07) is 2.30. The van der Waals surface area contributed by atoms with E-state index in [0.717, 1.165) is 6.07 Å². The Hall–Kier alpha value is -0.560. The highest BCUT2D eigenvalue weighted by Crippen LogP contribution is 2.29. The predicted octanol–water partition coefficient (Wildman–Crippen LogP) is 3.16. The fourth-order valence-corrected chi connectivity index (χ4v) is 1.85. The molecule has 0 aromatic heterocycles. The minimum atomic E-state index is -1.53. The van der Waals surface area contributed by atoms with Crippen LogP contribution in [0.15, 0.2) is 16.6 Å². The van der Waals surface area contributed by atoms with Crippen molar-refractivity contribution in [2.24, 2.45) is 0 Å². The van der Waals surface area contributed by atoms with Gasteiger partial charge in [-0.05, 0) is 41.9 Å². The van der Waals surface area contributed by atoms with Crippen molar-refractivity contribution in [2.75, 3.05) is 13.2 Å². The Morgan fingerprint density at radius 3 is 2.28 bits per heavy atom. The number of rotatable bonds is 6. The molecule has 0 spiro atoms. The molecule has 0 aliphatic heterocycles. The molecule has 3 nitrogen and oxygen atoms in total. The van der Waals surface area contributed by atoms with Crippen molar-refractivity contribution in [2.45, 2.75) is 26.2 Å². The molecule has 1 aromatic carbocycles. The van der Waals surface area contributed by atoms with E-state index in [1.165, 1.54) is 6.07 Å². The summed E-state index contributed by atoms with van der Waals surface area (Å²) < 4.78 is 37.7. The third-order valence-corrected chi connectivity index (χ3v) is 2.91. The maximum absolute atomic E-state index is 13.8. The van der Waals surface area contributed by atoms with E-state index in [1.807, 2.05) is 0 Å². The van der Waals surface area contributed by atoms with Crippen LogP contribution in [0.4, 0.5) is 8.78 Å². The Morgan fingerprint density at radius 2 is 1.78 bits per heavy atom. The van der Waals surface area contributed by atoms with Crippen LogP contribution in [-0.2, 0) is 9.47 Å². The van der Waals surface area contributed by atoms with Crippen LogP contribution in [0, 0.1) is 11.6 Å². The zero-order chi connectivity index (χ0) is 13.7. The molecular weight excluding hydrogens is 310 g/mol. The number of aliphatic hydroxyl groups is 1. The van der Waals surface area contributed by atoms with Crippen molar-refractivity contribution in [3.8, 4) is 0 Å². The predicted molar refractivity (Wildman–Crippen MR) is 66.1 cm³/mol. The van der Waals surface area contributed by atoms with Crippen LogP contribution in [0.5, 0.6) is 0 Å². The van der Waals surface area contributed by atoms with Crippen molar-refractivity contribution in [3.05, 3.63) is 33.8 Å². The first-order chi connectivity index (χ1) is 8.52. The molecule has 0 amide bonds. The maximum Gasteiger partial charge on any atom is 0.187 e. The average Bonchev–Trinajstić information content (AvgIpc) is 2.34. The Bertz CT molecular complexity index is 395. The highest BCUT2D eigenvalue weighted by molar-refractivity contribution is 9.10. The number of halogens is 3. The molecule has 0 saturated carbocycles. The van der Waals surface area contributed by atoms with E-state index in [-0.39, 0.29) is 17.7 Å². The molecule has 1 N–H and O–H groups in total. The van der Waals surface area contributed by atoms with Crippen LogP contribution in [0.25, 0.3) is 0 Å². The molecule has 0 radical (unpaired) electrons. The lowest BCUT2D eigenvalue weighted by Crippen LogP contribution is -2.27. The van der Waals surface area contributed by atoms with Gasteiger partial charge >= 0.3 is 0 Å². The van der Waals surface area contributed by atoms with Crippen LogP contribution in [0.2, 0.25) is 0 Å². The van der Waals surface area contributed by atoms with Crippen molar-refractivity contribution in [1.29, 1.82) is 0 Å². The van der Waals surface area contributed by atoms with E-state index in [2.05, 4.69) is 15.9 Å². The molecule has 0 saturated heterocycles. The van der Waals surface area contributed by atoms with Gasteiger partial charge in [0.1, 0.15) is 17.7 Å². The van der Waals surface area contributed by atoms with Gasteiger partial charge in [0.15, 0.2) is 6.29 Å². The summed E-state index contributed by atoms with van der Waals surface area (Å²) in [6.07, 6.45) is -2.62. The fourth-order valence-electron chi connectivity index (χ4n) is 1.51. The van der Waals surface area contributed by atoms with Crippen molar-refractivity contribution in [3.63, 3.8) is 0 Å². The first-order valence-electron chi connectivity index (χ1n) is 5.57. The highest BCUT2D eigenvalue weighted by atomic mass is 79.9. The van der Waals surface area contributed by atoms with Gasteiger partial charge in [-0.15, -0.1) is 0 Å². The zero-order valence-electron chi connectivity index (χ0n) is 10.1. The lowest BCUT2D eigenvalue weighted by molar-refractivity contribution is -0.192. The molecule has 0 aliphatic rings. The van der Waals surface area contributed by atoms with Crippen LogP contribution in [-0.4, -0.2) is 24.6 Å². The van der Waals surface area contributed by atoms with Gasteiger partial charge in [0.2, 0.25) is 0 Å². The molecule has 0 aliphatic carbocycles. The second-order valence-corrected chi connectivity index (χ2v) is 4.34. The number of hydrogen-bond donors (Lipinski definition) is 1. The first-order valence-corrected chi connectivity index (χ1v) is 6.36. The van der Waals surface area contributed by atoms with Crippen molar-refractivity contribution in [1.82, 2.24) is 0 Å². The maximum atomic E-state index is 13.8. The molecule has 0 heterocycles. The molecule has 1 rings (SSSR count). The smallest absolute Gasteiger partial charge is 0.187 e. The van der Waals surface area contributed by atoms with Crippen molar-refractivity contribution >= 4 is 15.9 Å². The molecule has 1 aromatic rings.